The van der Waals surface area contributed by atoms with E-state index in [1.807, 2.05) is 0 Å². The van der Waals surface area contributed by atoms with Crippen molar-refractivity contribution >= 4 is 0 Å². The Morgan fingerprint density at radius 3 is 1.42 bits per heavy atom. The molecule has 1 aliphatic heterocycles. The van der Waals surface area contributed by atoms with Crippen LogP contribution in [0.5, 0.6) is 17.2 Å². The van der Waals surface area contributed by atoms with Crippen LogP contribution in [0.4, 0.5) is 0 Å². The van der Waals surface area contributed by atoms with Gasteiger partial charge in [-0.15, -0.1) is 0 Å². The standard InChI is InChI=1S/C29H38O4/c1-2-25(32-28-10-18-4-19(11-28)6-20(5-18)12-28)27(31-17-24-16-30-24)26(3-1)33-29-13-21-7-22(14-29)9-23(8-21)15-29/h1-3,18-24H,4-17H2. The number of hydrogen-bond acceptors (Lipinski definition) is 4. The highest BCUT2D eigenvalue weighted by molar-refractivity contribution is 5.52. The van der Waals surface area contributed by atoms with E-state index < -0.39 is 0 Å². The molecule has 1 atom stereocenters. The fourth-order valence-electron chi connectivity index (χ4n) is 9.92. The van der Waals surface area contributed by atoms with E-state index >= 15 is 0 Å². The third kappa shape index (κ3) is 3.49. The summed E-state index contributed by atoms with van der Waals surface area (Å²) in [4.78, 5) is 0. The zero-order chi connectivity index (χ0) is 21.6. The van der Waals surface area contributed by atoms with Gasteiger partial charge in [0.25, 0.3) is 0 Å². The molecular weight excluding hydrogens is 412 g/mol. The Kier molecular flexibility index (Phi) is 4.24. The number of para-hydroxylation sites is 1. The van der Waals surface area contributed by atoms with Crippen LogP contribution < -0.4 is 14.2 Å². The molecule has 4 nitrogen and oxygen atoms in total. The van der Waals surface area contributed by atoms with Crippen LogP contribution in [0.2, 0.25) is 0 Å². The van der Waals surface area contributed by atoms with Crippen molar-refractivity contribution in [3.8, 4) is 17.2 Å². The number of hydrogen-bond donors (Lipinski definition) is 0. The monoisotopic (exact) mass is 450 g/mol. The summed E-state index contributed by atoms with van der Waals surface area (Å²) in [6.07, 6.45) is 16.2. The summed E-state index contributed by atoms with van der Waals surface area (Å²) in [6.45, 7) is 1.40. The highest BCUT2D eigenvalue weighted by Gasteiger charge is 2.54. The number of benzene rings is 1. The Labute approximate surface area is 197 Å². The maximum atomic E-state index is 7.01. The SMILES string of the molecule is c1cc(OC23CC4CC(CC(C4)C2)C3)c(OCC2CO2)c(OC23CC4CC(CC(C4)C2)C3)c1. The summed E-state index contributed by atoms with van der Waals surface area (Å²) in [5.74, 6) is 7.88. The first-order valence-electron chi connectivity index (χ1n) is 13.9. The molecule has 0 N–H and O–H groups in total. The third-order valence-corrected chi connectivity index (χ3v) is 10.4. The van der Waals surface area contributed by atoms with Crippen LogP contribution in [0.25, 0.3) is 0 Å². The largest absolute Gasteiger partial charge is 0.484 e. The van der Waals surface area contributed by atoms with Crippen LogP contribution in [0, 0.1) is 35.5 Å². The molecule has 0 spiro atoms. The van der Waals surface area contributed by atoms with Crippen molar-refractivity contribution in [2.24, 2.45) is 35.5 Å². The molecule has 1 aromatic carbocycles. The van der Waals surface area contributed by atoms with E-state index in [1.165, 1.54) is 77.0 Å². The lowest BCUT2D eigenvalue weighted by Crippen LogP contribution is -2.54. The molecule has 33 heavy (non-hydrogen) atoms. The lowest BCUT2D eigenvalue weighted by Gasteiger charge is -2.56. The molecule has 9 aliphatic rings. The van der Waals surface area contributed by atoms with Gasteiger partial charge in [0.05, 0.1) is 6.61 Å². The molecule has 0 radical (unpaired) electrons. The van der Waals surface area contributed by atoms with Gasteiger partial charge in [0.2, 0.25) is 5.75 Å². The van der Waals surface area contributed by atoms with Crippen LogP contribution in [0.3, 0.4) is 0 Å². The van der Waals surface area contributed by atoms with E-state index in [0.717, 1.165) is 59.4 Å². The van der Waals surface area contributed by atoms with Crippen molar-refractivity contribution < 1.29 is 18.9 Å². The average molecular weight is 451 g/mol. The maximum absolute atomic E-state index is 7.01. The van der Waals surface area contributed by atoms with Gasteiger partial charge in [0, 0.05) is 0 Å². The fraction of sp³-hybridized carbons (Fsp3) is 0.793. The second-order valence-electron chi connectivity index (χ2n) is 13.3. The molecule has 8 aliphatic carbocycles. The zero-order valence-electron chi connectivity index (χ0n) is 19.8. The molecule has 1 saturated heterocycles. The summed E-state index contributed by atoms with van der Waals surface area (Å²) < 4.78 is 25.9. The van der Waals surface area contributed by atoms with Gasteiger partial charge in [-0.25, -0.2) is 0 Å². The molecule has 8 saturated carbocycles. The fourth-order valence-corrected chi connectivity index (χ4v) is 9.92. The molecule has 4 heteroatoms. The number of ether oxygens (including phenoxy) is 4. The quantitative estimate of drug-likeness (QED) is 0.467. The highest BCUT2D eigenvalue weighted by Crippen LogP contribution is 2.60. The molecule has 178 valence electrons. The zero-order valence-corrected chi connectivity index (χ0v) is 19.8. The smallest absolute Gasteiger partial charge is 0.203 e. The molecule has 1 heterocycles. The molecule has 1 unspecified atom stereocenters. The summed E-state index contributed by atoms with van der Waals surface area (Å²) in [5, 5.41) is 0. The first kappa shape index (κ1) is 19.8. The predicted molar refractivity (Wildman–Crippen MR) is 125 cm³/mol. The maximum Gasteiger partial charge on any atom is 0.203 e. The summed E-state index contributed by atoms with van der Waals surface area (Å²) >= 11 is 0. The number of rotatable bonds is 7. The van der Waals surface area contributed by atoms with Gasteiger partial charge in [0.15, 0.2) is 11.5 Å². The summed E-state index contributed by atoms with van der Waals surface area (Å²) in [6, 6.07) is 6.40. The summed E-state index contributed by atoms with van der Waals surface area (Å²) in [5.41, 5.74) is 0.0322. The Morgan fingerprint density at radius 2 is 1.06 bits per heavy atom. The second kappa shape index (κ2) is 7.06. The molecule has 10 rings (SSSR count). The third-order valence-electron chi connectivity index (χ3n) is 10.4. The molecule has 8 bridgehead atoms. The first-order chi connectivity index (χ1) is 16.1. The van der Waals surface area contributed by atoms with Gasteiger partial charge in [0.1, 0.15) is 23.9 Å². The molecule has 1 aromatic rings. The van der Waals surface area contributed by atoms with Crippen LogP contribution in [0.15, 0.2) is 18.2 Å². The van der Waals surface area contributed by atoms with Crippen LogP contribution in [-0.2, 0) is 4.74 Å². The Morgan fingerprint density at radius 1 is 0.667 bits per heavy atom. The van der Waals surface area contributed by atoms with Gasteiger partial charge in [-0.2, -0.15) is 0 Å². The van der Waals surface area contributed by atoms with Crippen molar-refractivity contribution in [2.45, 2.75) is 94.4 Å². The van der Waals surface area contributed by atoms with Crippen molar-refractivity contribution in [3.05, 3.63) is 18.2 Å². The molecule has 0 aromatic heterocycles. The number of epoxide rings is 1. The second-order valence-corrected chi connectivity index (χ2v) is 13.3. The topological polar surface area (TPSA) is 40.2 Å². The average Bonchev–Trinajstić information content (AvgIpc) is 3.55. The Balaban J connectivity index is 1.11. The van der Waals surface area contributed by atoms with Crippen LogP contribution in [-0.4, -0.2) is 30.5 Å². The van der Waals surface area contributed by atoms with E-state index in [2.05, 4.69) is 18.2 Å². The van der Waals surface area contributed by atoms with E-state index in [4.69, 9.17) is 18.9 Å². The Bertz CT molecular complexity index is 799. The van der Waals surface area contributed by atoms with Gasteiger partial charge in [-0.05, 0) is 125 Å². The first-order valence-corrected chi connectivity index (χ1v) is 13.9. The van der Waals surface area contributed by atoms with Crippen molar-refractivity contribution in [3.63, 3.8) is 0 Å². The van der Waals surface area contributed by atoms with Crippen LogP contribution in [0.1, 0.15) is 77.0 Å². The van der Waals surface area contributed by atoms with Crippen LogP contribution >= 0.6 is 0 Å². The molecule has 0 amide bonds. The van der Waals surface area contributed by atoms with Crippen molar-refractivity contribution in [2.75, 3.05) is 13.2 Å². The van der Waals surface area contributed by atoms with Crippen molar-refractivity contribution in [1.82, 2.24) is 0 Å². The lowest BCUT2D eigenvalue weighted by molar-refractivity contribution is -0.112. The van der Waals surface area contributed by atoms with E-state index in [1.54, 1.807) is 0 Å². The van der Waals surface area contributed by atoms with Gasteiger partial charge < -0.3 is 18.9 Å². The van der Waals surface area contributed by atoms with Gasteiger partial charge in [-0.1, -0.05) is 6.07 Å². The van der Waals surface area contributed by atoms with E-state index in [-0.39, 0.29) is 17.3 Å². The Hall–Kier alpha value is -1.42. The van der Waals surface area contributed by atoms with E-state index in [0.29, 0.717) is 6.61 Å². The minimum absolute atomic E-state index is 0.0161. The lowest BCUT2D eigenvalue weighted by atomic mass is 9.54. The highest BCUT2D eigenvalue weighted by atomic mass is 16.6. The van der Waals surface area contributed by atoms with E-state index in [9.17, 15) is 0 Å². The van der Waals surface area contributed by atoms with Gasteiger partial charge >= 0.3 is 0 Å². The van der Waals surface area contributed by atoms with Gasteiger partial charge in [-0.3, -0.25) is 0 Å². The normalized spacial score (nSPS) is 48.2. The van der Waals surface area contributed by atoms with Crippen molar-refractivity contribution in [1.29, 1.82) is 0 Å². The minimum atomic E-state index is 0.0161. The summed E-state index contributed by atoms with van der Waals surface area (Å²) in [7, 11) is 0. The predicted octanol–water partition coefficient (Wildman–Crippen LogP) is 6.16. The minimum Gasteiger partial charge on any atom is -0.484 e. The molecule has 9 fully saturated rings. The molecular formula is C29H38O4.